The largest absolute Gasteiger partial charge is 0.497 e. The molecule has 4 aliphatic rings. The van der Waals surface area contributed by atoms with Gasteiger partial charge in [-0.15, -0.1) is 0 Å². The average Bonchev–Trinajstić information content (AvgIpc) is 1.39. The number of benzene rings is 8. The van der Waals surface area contributed by atoms with E-state index in [9.17, 15) is 20.4 Å². The Morgan fingerprint density at radius 1 is 0.287 bits per heavy atom. The molecule has 6 heterocycles. The summed E-state index contributed by atoms with van der Waals surface area (Å²) < 4.78 is 32.7. The Labute approximate surface area is 648 Å². The van der Waals surface area contributed by atoms with E-state index in [2.05, 4.69) is 118 Å². The minimum Gasteiger partial charge on any atom is -0.497 e. The summed E-state index contributed by atoms with van der Waals surface area (Å²) in [4.78, 5) is 19.9. The van der Waals surface area contributed by atoms with Gasteiger partial charge in [-0.3, -0.25) is 29.6 Å². The summed E-state index contributed by atoms with van der Waals surface area (Å²) in [5.74, 6) is 4.47. The van der Waals surface area contributed by atoms with E-state index in [1.54, 1.807) is 42.7 Å². The zero-order valence-electron chi connectivity index (χ0n) is 62.8. The van der Waals surface area contributed by atoms with Crippen LogP contribution < -0.4 is 28.4 Å². The van der Waals surface area contributed by atoms with Gasteiger partial charge in [-0.1, -0.05) is 152 Å². The minimum absolute atomic E-state index is 0. The summed E-state index contributed by atoms with van der Waals surface area (Å²) in [5, 5.41) is 51.3. The summed E-state index contributed by atoms with van der Waals surface area (Å²) in [6, 6.07) is 75.1. The van der Waals surface area contributed by atoms with Gasteiger partial charge >= 0.3 is 0 Å². The van der Waals surface area contributed by atoms with Crippen LogP contribution in [-0.4, -0.2) is 143 Å². The van der Waals surface area contributed by atoms with Crippen molar-refractivity contribution in [2.24, 2.45) is 0 Å². The SMILES string of the molecule is C.COc1ccc(C(O)(c2ccc(OC)cc2)C2CCCN2Cc2cccc(CN3CCCC3C(O)(c3ccc(C)cc3)c3ccc(C)cc3)n2)cc1.COc1ccc(C(O)(c2ccc(OC)cc2)C2CCCN2Cc2cccc(CN3CCC[C@@H]3C(O)(c3ccc(OC)cc3)c3ccc(OC)cc3)n2)cc1.[Ni]. The van der Waals surface area contributed by atoms with Gasteiger partial charge in [0.15, 0.2) is 0 Å². The van der Waals surface area contributed by atoms with E-state index in [1.807, 2.05) is 146 Å². The van der Waals surface area contributed by atoms with Crippen LogP contribution in [0, 0.1) is 13.8 Å². The van der Waals surface area contributed by atoms with E-state index >= 15 is 0 Å². The van der Waals surface area contributed by atoms with Crippen molar-refractivity contribution in [2.45, 2.75) is 145 Å². The topological polar surface area (TPSA) is 175 Å². The quantitative estimate of drug-likeness (QED) is 0.0377. The molecule has 0 spiro atoms. The van der Waals surface area contributed by atoms with Crippen LogP contribution in [0.25, 0.3) is 0 Å². The smallest absolute Gasteiger partial charge is 0.130 e. The number of hydrogen-bond acceptors (Lipinski definition) is 16. The Kier molecular flexibility index (Phi) is 26.4. The van der Waals surface area contributed by atoms with E-state index in [-0.39, 0.29) is 48.1 Å². The van der Waals surface area contributed by atoms with E-state index in [0.717, 1.165) is 179 Å². The second-order valence-electron chi connectivity index (χ2n) is 28.9. The van der Waals surface area contributed by atoms with Crippen LogP contribution in [0.2, 0.25) is 0 Å². The van der Waals surface area contributed by atoms with Gasteiger partial charge in [0.2, 0.25) is 0 Å². The number of likely N-dealkylation sites (tertiary alicyclic amines) is 4. The van der Waals surface area contributed by atoms with Gasteiger partial charge in [0, 0.05) is 66.8 Å². The molecule has 3 unspecified atom stereocenters. The molecule has 2 aromatic heterocycles. The summed E-state index contributed by atoms with van der Waals surface area (Å²) in [5.41, 5.74) is 7.96. The first kappa shape index (κ1) is 80.1. The second kappa shape index (κ2) is 35.6. The first-order chi connectivity index (χ1) is 51.5. The van der Waals surface area contributed by atoms with Crippen molar-refractivity contribution >= 4 is 0 Å². The molecule has 0 amide bonds. The molecule has 4 atom stereocenters. The average molecular weight is 1500 g/mol. The van der Waals surface area contributed by atoms with Gasteiger partial charge < -0.3 is 48.8 Å². The van der Waals surface area contributed by atoms with Crippen molar-refractivity contribution in [2.75, 3.05) is 68.8 Å². The third-order valence-corrected chi connectivity index (χ3v) is 22.7. The molecule has 0 bridgehead atoms. The van der Waals surface area contributed by atoms with E-state index in [0.29, 0.717) is 26.2 Å². The number of aliphatic hydroxyl groups is 4. The molecule has 0 aliphatic carbocycles. The summed E-state index contributed by atoms with van der Waals surface area (Å²) in [7, 11) is 9.91. The number of nitrogens with zero attached hydrogens (tertiary/aromatic N) is 6. The molecule has 8 aromatic carbocycles. The van der Waals surface area contributed by atoms with Crippen LogP contribution in [-0.2, 0) is 65.1 Å². The molecule has 16 nitrogen and oxygen atoms in total. The van der Waals surface area contributed by atoms with Gasteiger partial charge in [-0.05, 0) is 233 Å². The van der Waals surface area contributed by atoms with E-state index in [1.165, 1.54) is 11.1 Å². The van der Waals surface area contributed by atoms with Crippen LogP contribution in [0.5, 0.6) is 34.5 Å². The fourth-order valence-corrected chi connectivity index (χ4v) is 17.1. The van der Waals surface area contributed by atoms with Crippen molar-refractivity contribution in [1.29, 1.82) is 0 Å². The van der Waals surface area contributed by atoms with Crippen LogP contribution in [0.15, 0.2) is 231 Å². The summed E-state index contributed by atoms with van der Waals surface area (Å²) >= 11 is 0. The minimum atomic E-state index is -1.28. The van der Waals surface area contributed by atoms with Crippen LogP contribution in [0.3, 0.4) is 0 Å². The maximum Gasteiger partial charge on any atom is 0.130 e. The molecular weight excluding hydrogens is 1400 g/mol. The zero-order chi connectivity index (χ0) is 74.0. The van der Waals surface area contributed by atoms with Gasteiger partial charge in [0.1, 0.15) is 56.9 Å². The monoisotopic (exact) mass is 1500 g/mol. The van der Waals surface area contributed by atoms with Gasteiger partial charge in [0.05, 0.1) is 65.4 Å². The fourth-order valence-electron chi connectivity index (χ4n) is 17.1. The van der Waals surface area contributed by atoms with Gasteiger partial charge in [-0.2, -0.15) is 0 Å². The van der Waals surface area contributed by atoms with Crippen molar-refractivity contribution < 1.29 is 65.3 Å². The molecule has 4 N–H and O–H groups in total. The Balaban J connectivity index is 0.000000211. The number of pyridine rings is 2. The molecule has 10 aromatic rings. The Hall–Kier alpha value is -8.97. The number of aromatic nitrogens is 2. The normalized spacial score (nSPS) is 18.0. The predicted molar refractivity (Wildman–Crippen MR) is 421 cm³/mol. The molecule has 0 saturated carbocycles. The number of methoxy groups -OCH3 is 6. The summed E-state index contributed by atoms with van der Waals surface area (Å²) in [6.45, 7) is 10.1. The first-order valence-corrected chi connectivity index (χ1v) is 37.3. The number of aryl methyl sites for hydroxylation is 2. The third-order valence-electron chi connectivity index (χ3n) is 22.7. The molecule has 4 aliphatic heterocycles. The second-order valence-corrected chi connectivity index (χ2v) is 28.9. The number of hydrogen-bond donors (Lipinski definition) is 4. The van der Waals surface area contributed by atoms with Gasteiger partial charge in [0.25, 0.3) is 0 Å². The Morgan fingerprint density at radius 3 is 0.620 bits per heavy atom. The van der Waals surface area contributed by atoms with Crippen molar-refractivity contribution in [3.63, 3.8) is 0 Å². The number of ether oxygens (including phenoxy) is 6. The van der Waals surface area contributed by atoms with E-state index < -0.39 is 22.4 Å². The molecule has 14 rings (SSSR count). The molecular formula is C91H106N6NiO10. The summed E-state index contributed by atoms with van der Waals surface area (Å²) in [6.07, 6.45) is 7.31. The van der Waals surface area contributed by atoms with Crippen molar-refractivity contribution in [3.05, 3.63) is 309 Å². The van der Waals surface area contributed by atoms with Gasteiger partial charge in [-0.25, -0.2) is 0 Å². The molecule has 0 radical (unpaired) electrons. The van der Waals surface area contributed by atoms with Crippen molar-refractivity contribution in [3.8, 4) is 34.5 Å². The molecule has 570 valence electrons. The number of rotatable bonds is 26. The zero-order valence-corrected chi connectivity index (χ0v) is 63.8. The molecule has 17 heteroatoms. The Morgan fingerprint density at radius 2 is 0.454 bits per heavy atom. The predicted octanol–water partition coefficient (Wildman–Crippen LogP) is 15.1. The molecule has 108 heavy (non-hydrogen) atoms. The third kappa shape index (κ3) is 16.8. The first-order valence-electron chi connectivity index (χ1n) is 37.3. The molecule has 4 fully saturated rings. The maximum absolute atomic E-state index is 12.8. The van der Waals surface area contributed by atoms with Crippen LogP contribution in [0.4, 0.5) is 0 Å². The maximum atomic E-state index is 12.8. The fraction of sp³-hybridized carbons (Fsp3) is 0.363. The van der Waals surface area contributed by atoms with Crippen LogP contribution >= 0.6 is 0 Å². The molecule has 4 saturated heterocycles. The van der Waals surface area contributed by atoms with Crippen LogP contribution in [0.1, 0.15) is 137 Å². The van der Waals surface area contributed by atoms with E-state index in [4.69, 9.17) is 38.4 Å². The van der Waals surface area contributed by atoms with Crippen molar-refractivity contribution in [1.82, 2.24) is 29.6 Å². The Bertz CT molecular complexity index is 4150. The standard InChI is InChI=1S/C45H51N3O6.C45H51N3O4.CH4.Ni/c1-51-38-20-12-32(13-21-38)44(49,33-14-22-39(52-2)23-15-33)42-10-6-28-47(42)30-36-8-5-9-37(46-36)31-48-29-7-11-43(48)45(50,34-16-24-40(53-3)25-17-34)35-18-26-41(54-4)27-19-35;1-32-12-16-34(17-13-32)44(49,35-18-14-33(2)15-19-35)42-10-6-28-47(42)30-38-8-5-9-39(46-38)31-48-29-7-11-43(48)45(50,36-20-24-40(51-3)25-21-36)37-22-26-41(52-4)27-23-37;;/h5,8-9,12-27,42-43,49-50H,6-7,10-11,28-31H2,1-4H3;5,8-9,12-27,42-43,49-50H,6-7,10-11,28-31H2,1-4H3;1H4;/t42-,43?;;;/m1.../s1.